The number of anilines is 1. The van der Waals surface area contributed by atoms with Gasteiger partial charge in [0.25, 0.3) is 0 Å². The Morgan fingerprint density at radius 1 is 1.17 bits per heavy atom. The van der Waals surface area contributed by atoms with E-state index < -0.39 is 0 Å². The van der Waals surface area contributed by atoms with Gasteiger partial charge < -0.3 is 10.2 Å². The summed E-state index contributed by atoms with van der Waals surface area (Å²) < 4.78 is 0. The Balaban J connectivity index is 1.76. The first-order valence-corrected chi connectivity index (χ1v) is 9.26. The third-order valence-corrected chi connectivity index (χ3v) is 5.83. The van der Waals surface area contributed by atoms with Crippen molar-refractivity contribution in [2.24, 2.45) is 5.92 Å². The van der Waals surface area contributed by atoms with Crippen LogP contribution in [-0.4, -0.2) is 23.3 Å². The highest BCUT2D eigenvalue weighted by Gasteiger charge is 2.34. The van der Waals surface area contributed by atoms with Gasteiger partial charge in [-0.3, -0.25) is 9.59 Å². The zero-order valence-electron chi connectivity index (χ0n) is 13.6. The molecule has 0 radical (unpaired) electrons. The molecule has 0 saturated heterocycles. The molecule has 1 fully saturated rings. The first-order chi connectivity index (χ1) is 11.6. The van der Waals surface area contributed by atoms with Crippen LogP contribution in [0.25, 0.3) is 0 Å². The monoisotopic (exact) mass is 340 g/mol. The van der Waals surface area contributed by atoms with Gasteiger partial charge in [0.05, 0.1) is 6.04 Å². The molecule has 5 heteroatoms. The van der Waals surface area contributed by atoms with E-state index in [4.69, 9.17) is 0 Å². The highest BCUT2D eigenvalue weighted by Crippen LogP contribution is 2.41. The molecule has 0 bridgehead atoms. The minimum Gasteiger partial charge on any atom is -0.331 e. The zero-order valence-corrected chi connectivity index (χ0v) is 14.4. The maximum Gasteiger partial charge on any atom is 0.227 e. The number of amides is 2. The first kappa shape index (κ1) is 15.4. The Morgan fingerprint density at radius 3 is 2.71 bits per heavy atom. The second-order valence-electron chi connectivity index (χ2n) is 6.51. The summed E-state index contributed by atoms with van der Waals surface area (Å²) in [6.45, 7) is 2.34. The summed E-state index contributed by atoms with van der Waals surface area (Å²) in [5.41, 5.74) is 3.01. The molecule has 2 heterocycles. The van der Waals surface area contributed by atoms with Crippen molar-refractivity contribution < 1.29 is 9.59 Å². The molecule has 1 aliphatic carbocycles. The van der Waals surface area contributed by atoms with Gasteiger partial charge in [-0.1, -0.05) is 18.2 Å². The average Bonchev–Trinajstić information content (AvgIpc) is 3.32. The zero-order chi connectivity index (χ0) is 16.7. The standard InChI is InChI=1S/C19H20N2O2S/c1-12(22)21-10-8-17-15(9-11-24-17)18(21)14-4-2-3-5-16(14)20-19(23)13-6-7-13/h2-5,9,11,13,18H,6-8,10H2,1H3,(H,20,23). The van der Waals surface area contributed by atoms with Crippen molar-refractivity contribution in [3.8, 4) is 0 Å². The summed E-state index contributed by atoms with van der Waals surface area (Å²) in [5.74, 6) is 0.323. The fourth-order valence-corrected chi connectivity index (χ4v) is 4.32. The number of thiophene rings is 1. The van der Waals surface area contributed by atoms with Crippen LogP contribution in [0.4, 0.5) is 5.69 Å². The van der Waals surface area contributed by atoms with Gasteiger partial charge in [0.1, 0.15) is 0 Å². The number of fused-ring (bicyclic) bond motifs is 1. The predicted octanol–water partition coefficient (Wildman–Crippen LogP) is 3.59. The molecule has 1 atom stereocenters. The Kier molecular flexibility index (Phi) is 3.88. The minimum atomic E-state index is -0.117. The fourth-order valence-electron chi connectivity index (χ4n) is 3.42. The molecule has 1 saturated carbocycles. The van der Waals surface area contributed by atoms with E-state index in [1.165, 1.54) is 10.4 Å². The van der Waals surface area contributed by atoms with Gasteiger partial charge in [0.2, 0.25) is 11.8 Å². The average molecular weight is 340 g/mol. The Morgan fingerprint density at radius 2 is 1.96 bits per heavy atom. The van der Waals surface area contributed by atoms with Crippen molar-refractivity contribution in [3.63, 3.8) is 0 Å². The van der Waals surface area contributed by atoms with E-state index in [-0.39, 0.29) is 23.8 Å². The fraction of sp³-hybridized carbons (Fsp3) is 0.368. The largest absolute Gasteiger partial charge is 0.331 e. The molecule has 2 amide bonds. The number of rotatable bonds is 3. The van der Waals surface area contributed by atoms with E-state index >= 15 is 0 Å². The summed E-state index contributed by atoms with van der Waals surface area (Å²) in [6.07, 6.45) is 2.86. The van der Waals surface area contributed by atoms with Crippen LogP contribution in [0.15, 0.2) is 35.7 Å². The number of nitrogens with one attached hydrogen (secondary N) is 1. The first-order valence-electron chi connectivity index (χ1n) is 8.38. The van der Waals surface area contributed by atoms with Gasteiger partial charge >= 0.3 is 0 Å². The van der Waals surface area contributed by atoms with Gasteiger partial charge in [-0.2, -0.15) is 0 Å². The SMILES string of the molecule is CC(=O)N1CCc2sccc2C1c1ccccc1NC(=O)C1CC1. The predicted molar refractivity (Wildman–Crippen MR) is 95.0 cm³/mol. The van der Waals surface area contributed by atoms with Gasteiger partial charge in [0, 0.05) is 35.5 Å². The van der Waals surface area contributed by atoms with Crippen molar-refractivity contribution in [2.45, 2.75) is 32.2 Å². The van der Waals surface area contributed by atoms with Crippen LogP contribution in [0.2, 0.25) is 0 Å². The van der Waals surface area contributed by atoms with E-state index in [0.29, 0.717) is 0 Å². The number of hydrogen-bond acceptors (Lipinski definition) is 3. The lowest BCUT2D eigenvalue weighted by atomic mass is 9.92. The van der Waals surface area contributed by atoms with Gasteiger partial charge in [-0.25, -0.2) is 0 Å². The summed E-state index contributed by atoms with van der Waals surface area (Å²) in [4.78, 5) is 27.7. The lowest BCUT2D eigenvalue weighted by molar-refractivity contribution is -0.130. The molecule has 24 heavy (non-hydrogen) atoms. The Labute approximate surface area is 145 Å². The number of carbonyl (C=O) groups is 2. The molecule has 1 unspecified atom stereocenters. The second kappa shape index (κ2) is 6.06. The maximum absolute atomic E-state index is 12.2. The molecule has 4 rings (SSSR count). The van der Waals surface area contributed by atoms with E-state index in [1.807, 2.05) is 29.2 Å². The number of para-hydroxylation sites is 1. The molecule has 1 aromatic carbocycles. The van der Waals surface area contributed by atoms with Crippen LogP contribution in [0.5, 0.6) is 0 Å². The molecule has 4 nitrogen and oxygen atoms in total. The molecular formula is C19H20N2O2S. The lowest BCUT2D eigenvalue weighted by Crippen LogP contribution is -2.39. The van der Waals surface area contributed by atoms with Crippen LogP contribution in [-0.2, 0) is 16.0 Å². The quantitative estimate of drug-likeness (QED) is 0.928. The maximum atomic E-state index is 12.2. The molecule has 124 valence electrons. The van der Waals surface area contributed by atoms with Crippen molar-refractivity contribution in [1.82, 2.24) is 4.90 Å². The van der Waals surface area contributed by atoms with E-state index in [0.717, 1.165) is 37.1 Å². The molecule has 1 N–H and O–H groups in total. The molecule has 2 aromatic rings. The second-order valence-corrected chi connectivity index (χ2v) is 7.52. The summed E-state index contributed by atoms with van der Waals surface area (Å²) >= 11 is 1.75. The van der Waals surface area contributed by atoms with Crippen LogP contribution < -0.4 is 5.32 Å². The van der Waals surface area contributed by atoms with E-state index in [2.05, 4.69) is 16.8 Å². The third-order valence-electron chi connectivity index (χ3n) is 4.83. The van der Waals surface area contributed by atoms with Crippen LogP contribution in [0, 0.1) is 5.92 Å². The van der Waals surface area contributed by atoms with Gasteiger partial charge in [-0.15, -0.1) is 11.3 Å². The van der Waals surface area contributed by atoms with Crippen LogP contribution >= 0.6 is 11.3 Å². The number of carbonyl (C=O) groups excluding carboxylic acids is 2. The van der Waals surface area contributed by atoms with Crippen molar-refractivity contribution >= 4 is 28.8 Å². The summed E-state index contributed by atoms with van der Waals surface area (Å²) in [5, 5.41) is 5.17. The van der Waals surface area contributed by atoms with Crippen molar-refractivity contribution in [3.05, 3.63) is 51.7 Å². The molecular weight excluding hydrogens is 320 g/mol. The highest BCUT2D eigenvalue weighted by molar-refractivity contribution is 7.10. The molecule has 0 spiro atoms. The molecule has 2 aliphatic rings. The summed E-state index contributed by atoms with van der Waals surface area (Å²) in [7, 11) is 0. The molecule has 1 aromatic heterocycles. The smallest absolute Gasteiger partial charge is 0.227 e. The Hall–Kier alpha value is -2.14. The van der Waals surface area contributed by atoms with Crippen molar-refractivity contribution in [1.29, 1.82) is 0 Å². The van der Waals surface area contributed by atoms with Gasteiger partial charge in [0.15, 0.2) is 0 Å². The topological polar surface area (TPSA) is 49.4 Å². The van der Waals surface area contributed by atoms with Crippen LogP contribution in [0.3, 0.4) is 0 Å². The lowest BCUT2D eigenvalue weighted by Gasteiger charge is -2.36. The van der Waals surface area contributed by atoms with Gasteiger partial charge in [-0.05, 0) is 42.3 Å². The third kappa shape index (κ3) is 2.73. The highest BCUT2D eigenvalue weighted by atomic mass is 32.1. The van der Waals surface area contributed by atoms with E-state index in [9.17, 15) is 9.59 Å². The minimum absolute atomic E-state index is 0.0696. The Bertz CT molecular complexity index is 794. The number of nitrogens with zero attached hydrogens (tertiary/aromatic N) is 1. The molecule has 1 aliphatic heterocycles. The van der Waals surface area contributed by atoms with Crippen LogP contribution in [0.1, 0.15) is 41.8 Å². The number of benzene rings is 1. The number of hydrogen-bond donors (Lipinski definition) is 1. The van der Waals surface area contributed by atoms with E-state index in [1.54, 1.807) is 18.3 Å². The summed E-state index contributed by atoms with van der Waals surface area (Å²) in [6, 6.07) is 9.86. The normalized spacial score (nSPS) is 19.7. The van der Waals surface area contributed by atoms with Crippen molar-refractivity contribution in [2.75, 3.05) is 11.9 Å².